The predicted octanol–water partition coefficient (Wildman–Crippen LogP) is 3.01. The van der Waals surface area contributed by atoms with Gasteiger partial charge in [-0.05, 0) is 38.5 Å². The van der Waals surface area contributed by atoms with Crippen molar-refractivity contribution in [3.05, 3.63) is 35.9 Å². The Hall–Kier alpha value is -1.81. The second-order valence-electron chi connectivity index (χ2n) is 4.89. The topological polar surface area (TPSA) is 64.3 Å². The zero-order valence-corrected chi connectivity index (χ0v) is 11.1. The number of hydrogen-bond donors (Lipinski definition) is 2. The van der Waals surface area contributed by atoms with Gasteiger partial charge < -0.3 is 10.5 Å². The molecule has 0 aliphatic heterocycles. The zero-order valence-electron chi connectivity index (χ0n) is 11.1. The molecule has 0 atom stereocenters. The van der Waals surface area contributed by atoms with Crippen molar-refractivity contribution in [3.8, 4) is 0 Å². The van der Waals surface area contributed by atoms with E-state index in [-0.39, 0.29) is 0 Å². The first kappa shape index (κ1) is 14.3. The average molecular weight is 248 g/mol. The Morgan fingerprint density at radius 1 is 1.33 bits per heavy atom. The summed E-state index contributed by atoms with van der Waals surface area (Å²) in [4.78, 5) is 11.5. The second-order valence-corrected chi connectivity index (χ2v) is 4.89. The number of benzene rings is 1. The molecule has 0 saturated heterocycles. The summed E-state index contributed by atoms with van der Waals surface area (Å²) in [6.07, 6.45) is 3.35. The quantitative estimate of drug-likeness (QED) is 0.864. The van der Waals surface area contributed by atoms with Crippen molar-refractivity contribution < 1.29 is 9.53 Å². The lowest BCUT2D eigenvalue weighted by Crippen LogP contribution is -2.27. The first-order valence-corrected chi connectivity index (χ1v) is 5.87. The summed E-state index contributed by atoms with van der Waals surface area (Å²) in [5.74, 6) is 0. The number of anilines is 1. The molecule has 3 N–H and O–H groups in total. The van der Waals surface area contributed by atoms with Gasteiger partial charge in [0.2, 0.25) is 0 Å². The molecule has 98 valence electrons. The molecule has 0 heterocycles. The SMILES string of the molecule is CC(C)(C)OC(=O)Nc1ccc(/C=C/CN)cc1. The van der Waals surface area contributed by atoms with Gasteiger partial charge in [0.25, 0.3) is 0 Å². The fraction of sp³-hybridized carbons (Fsp3) is 0.357. The average Bonchev–Trinajstić information content (AvgIpc) is 2.25. The number of amides is 1. The van der Waals surface area contributed by atoms with E-state index in [0.29, 0.717) is 12.2 Å². The third kappa shape index (κ3) is 5.50. The summed E-state index contributed by atoms with van der Waals surface area (Å²) in [7, 11) is 0. The molecular formula is C14H20N2O2. The Bertz CT molecular complexity index is 416. The van der Waals surface area contributed by atoms with Crippen LogP contribution in [0.3, 0.4) is 0 Å². The summed E-state index contributed by atoms with van der Waals surface area (Å²) in [6, 6.07) is 7.44. The van der Waals surface area contributed by atoms with Crippen LogP contribution in [-0.2, 0) is 4.74 Å². The van der Waals surface area contributed by atoms with Gasteiger partial charge in [-0.2, -0.15) is 0 Å². The van der Waals surface area contributed by atoms with Crippen molar-refractivity contribution >= 4 is 17.9 Å². The Morgan fingerprint density at radius 3 is 2.44 bits per heavy atom. The van der Waals surface area contributed by atoms with Crippen LogP contribution >= 0.6 is 0 Å². The van der Waals surface area contributed by atoms with Crippen LogP contribution in [0, 0.1) is 0 Å². The van der Waals surface area contributed by atoms with Crippen molar-refractivity contribution in [2.45, 2.75) is 26.4 Å². The van der Waals surface area contributed by atoms with E-state index in [1.54, 1.807) is 0 Å². The first-order valence-electron chi connectivity index (χ1n) is 5.87. The predicted molar refractivity (Wildman–Crippen MR) is 74.4 cm³/mol. The lowest BCUT2D eigenvalue weighted by molar-refractivity contribution is 0.0636. The van der Waals surface area contributed by atoms with Crippen LogP contribution in [0.25, 0.3) is 6.08 Å². The van der Waals surface area contributed by atoms with Gasteiger partial charge >= 0.3 is 6.09 Å². The maximum absolute atomic E-state index is 11.5. The van der Waals surface area contributed by atoms with E-state index in [4.69, 9.17) is 10.5 Å². The Morgan fingerprint density at radius 2 is 1.94 bits per heavy atom. The van der Waals surface area contributed by atoms with Crippen molar-refractivity contribution in [2.24, 2.45) is 5.73 Å². The maximum Gasteiger partial charge on any atom is 0.412 e. The lowest BCUT2D eigenvalue weighted by atomic mass is 10.2. The van der Waals surface area contributed by atoms with Gasteiger partial charge in [0, 0.05) is 12.2 Å². The van der Waals surface area contributed by atoms with Crippen LogP contribution in [0.15, 0.2) is 30.3 Å². The number of carbonyl (C=O) groups is 1. The van der Waals surface area contributed by atoms with Gasteiger partial charge in [0.15, 0.2) is 0 Å². The number of rotatable bonds is 3. The van der Waals surface area contributed by atoms with Gasteiger partial charge in [0.05, 0.1) is 0 Å². The van der Waals surface area contributed by atoms with Crippen LogP contribution < -0.4 is 11.1 Å². The molecule has 0 fully saturated rings. The maximum atomic E-state index is 11.5. The molecule has 0 unspecified atom stereocenters. The van der Waals surface area contributed by atoms with Gasteiger partial charge in [-0.1, -0.05) is 24.3 Å². The minimum Gasteiger partial charge on any atom is -0.444 e. The van der Waals surface area contributed by atoms with Crippen molar-refractivity contribution in [1.29, 1.82) is 0 Å². The van der Waals surface area contributed by atoms with Crippen LogP contribution in [0.1, 0.15) is 26.3 Å². The van der Waals surface area contributed by atoms with Crippen LogP contribution in [0.2, 0.25) is 0 Å². The third-order valence-corrected chi connectivity index (χ3v) is 2.00. The molecule has 0 radical (unpaired) electrons. The molecule has 18 heavy (non-hydrogen) atoms. The minimum absolute atomic E-state index is 0.451. The molecule has 0 saturated carbocycles. The molecule has 0 aliphatic rings. The molecule has 0 aromatic heterocycles. The van der Waals surface area contributed by atoms with Crippen molar-refractivity contribution in [1.82, 2.24) is 0 Å². The normalized spacial score (nSPS) is 11.6. The number of nitrogens with one attached hydrogen (secondary N) is 1. The molecule has 0 spiro atoms. The summed E-state index contributed by atoms with van der Waals surface area (Å²) < 4.78 is 5.16. The van der Waals surface area contributed by atoms with E-state index in [1.807, 2.05) is 57.2 Å². The molecule has 0 aliphatic carbocycles. The Balaban J connectivity index is 2.58. The highest BCUT2D eigenvalue weighted by atomic mass is 16.6. The molecule has 4 heteroatoms. The van der Waals surface area contributed by atoms with E-state index in [0.717, 1.165) is 5.56 Å². The van der Waals surface area contributed by atoms with Gasteiger partial charge in [0.1, 0.15) is 5.60 Å². The molecule has 4 nitrogen and oxygen atoms in total. The van der Waals surface area contributed by atoms with Crippen LogP contribution in [0.5, 0.6) is 0 Å². The van der Waals surface area contributed by atoms with Crippen LogP contribution in [0.4, 0.5) is 10.5 Å². The molecule has 1 rings (SSSR count). The fourth-order valence-electron chi connectivity index (χ4n) is 1.30. The number of carbonyl (C=O) groups excluding carboxylic acids is 1. The summed E-state index contributed by atoms with van der Waals surface area (Å²) in [6.45, 7) is 5.99. The molecule has 1 amide bonds. The number of hydrogen-bond acceptors (Lipinski definition) is 3. The lowest BCUT2D eigenvalue weighted by Gasteiger charge is -2.19. The molecule has 1 aromatic carbocycles. The van der Waals surface area contributed by atoms with Crippen LogP contribution in [-0.4, -0.2) is 18.2 Å². The fourth-order valence-corrected chi connectivity index (χ4v) is 1.30. The standard InChI is InChI=1S/C14H20N2O2/c1-14(2,3)18-13(17)16-12-8-6-11(7-9-12)5-4-10-15/h4-9H,10,15H2,1-3H3,(H,16,17)/b5-4+. The molecule has 0 bridgehead atoms. The zero-order chi connectivity index (χ0) is 13.6. The smallest absolute Gasteiger partial charge is 0.412 e. The first-order chi connectivity index (χ1) is 8.40. The second kappa shape index (κ2) is 6.21. The van der Waals surface area contributed by atoms with E-state index in [1.165, 1.54) is 0 Å². The van der Waals surface area contributed by atoms with Crippen molar-refractivity contribution in [3.63, 3.8) is 0 Å². The summed E-state index contributed by atoms with van der Waals surface area (Å²) >= 11 is 0. The third-order valence-electron chi connectivity index (χ3n) is 2.00. The van der Waals surface area contributed by atoms with E-state index in [2.05, 4.69) is 5.32 Å². The Kier molecular flexibility index (Phi) is 4.92. The minimum atomic E-state index is -0.492. The highest BCUT2D eigenvalue weighted by Crippen LogP contribution is 2.13. The van der Waals surface area contributed by atoms with Gasteiger partial charge in [-0.15, -0.1) is 0 Å². The highest BCUT2D eigenvalue weighted by molar-refractivity contribution is 5.85. The summed E-state index contributed by atoms with van der Waals surface area (Å²) in [5, 5.41) is 2.67. The monoisotopic (exact) mass is 248 g/mol. The summed E-state index contributed by atoms with van der Waals surface area (Å²) in [5.41, 5.74) is 6.62. The highest BCUT2D eigenvalue weighted by Gasteiger charge is 2.15. The number of nitrogens with two attached hydrogens (primary N) is 1. The Labute approximate surface area is 108 Å². The van der Waals surface area contributed by atoms with E-state index < -0.39 is 11.7 Å². The van der Waals surface area contributed by atoms with Gasteiger partial charge in [-0.3, -0.25) is 5.32 Å². The number of ether oxygens (including phenoxy) is 1. The van der Waals surface area contributed by atoms with E-state index >= 15 is 0 Å². The van der Waals surface area contributed by atoms with E-state index in [9.17, 15) is 4.79 Å². The van der Waals surface area contributed by atoms with Gasteiger partial charge in [-0.25, -0.2) is 4.79 Å². The molecular weight excluding hydrogens is 228 g/mol. The van der Waals surface area contributed by atoms with Crippen molar-refractivity contribution in [2.75, 3.05) is 11.9 Å². The molecule has 1 aromatic rings. The largest absolute Gasteiger partial charge is 0.444 e.